The first-order valence-electron chi connectivity index (χ1n) is 12.6. The number of pyridine rings is 1. The summed E-state index contributed by atoms with van der Waals surface area (Å²) < 4.78 is 21.1. The molecule has 1 aliphatic carbocycles. The maximum Gasteiger partial charge on any atom is 0.221 e. The molecule has 2 heterocycles. The van der Waals surface area contributed by atoms with Crippen molar-refractivity contribution in [1.29, 1.82) is 0 Å². The lowest BCUT2D eigenvalue weighted by molar-refractivity contribution is -0.120. The van der Waals surface area contributed by atoms with Crippen LogP contribution in [0.3, 0.4) is 0 Å². The van der Waals surface area contributed by atoms with Crippen LogP contribution in [0.15, 0.2) is 36.4 Å². The van der Waals surface area contributed by atoms with Crippen LogP contribution in [0, 0.1) is 11.4 Å². The molecule has 0 bridgehead atoms. The highest BCUT2D eigenvalue weighted by Gasteiger charge is 2.46. The summed E-state index contributed by atoms with van der Waals surface area (Å²) in [5.41, 5.74) is 2.07. The van der Waals surface area contributed by atoms with Gasteiger partial charge >= 0.3 is 0 Å². The monoisotopic (exact) mass is 483 g/mol. The largest absolute Gasteiger partial charge is 0.471 e. The predicted octanol–water partition coefficient (Wildman–Crippen LogP) is 4.25. The molecule has 0 saturated heterocycles. The van der Waals surface area contributed by atoms with Crippen LogP contribution in [0.1, 0.15) is 76.1 Å². The Morgan fingerprint density at radius 2 is 2.00 bits per heavy atom. The minimum atomic E-state index is -0.801. The number of halogens is 1. The van der Waals surface area contributed by atoms with Crippen LogP contribution in [-0.2, 0) is 17.6 Å². The molecule has 0 unspecified atom stereocenters. The normalized spacial score (nSPS) is 20.3. The van der Waals surface area contributed by atoms with Crippen LogP contribution >= 0.6 is 0 Å². The first-order valence-corrected chi connectivity index (χ1v) is 12.6. The Morgan fingerprint density at radius 1 is 1.29 bits per heavy atom. The number of ether oxygens (including phenoxy) is 1. The number of hydrogen-bond acceptors (Lipinski definition) is 5. The summed E-state index contributed by atoms with van der Waals surface area (Å²) in [5, 5.41) is 17.5. The van der Waals surface area contributed by atoms with Gasteiger partial charge in [-0.25, -0.2) is 0 Å². The van der Waals surface area contributed by atoms with E-state index in [1.165, 1.54) is 6.92 Å². The molecule has 1 aromatic carbocycles. The summed E-state index contributed by atoms with van der Waals surface area (Å²) >= 11 is 0. The van der Waals surface area contributed by atoms with Crippen LogP contribution in [0.5, 0.6) is 5.88 Å². The minimum absolute atomic E-state index is 0.0797. The number of benzene rings is 1. The first kappa shape index (κ1) is 25.6. The summed E-state index contributed by atoms with van der Waals surface area (Å²) in [6.45, 7) is 7.97. The summed E-state index contributed by atoms with van der Waals surface area (Å²) in [7, 11) is 0. The fourth-order valence-corrected chi connectivity index (χ4v) is 5.17. The van der Waals surface area contributed by atoms with Gasteiger partial charge in [0.05, 0.1) is 12.1 Å². The topological polar surface area (TPSA) is 83.5 Å². The molecule has 1 spiro atoms. The van der Waals surface area contributed by atoms with Crippen LogP contribution in [0.25, 0.3) is 0 Å². The summed E-state index contributed by atoms with van der Waals surface area (Å²) in [4.78, 5) is 16.1. The Balaban J connectivity index is 1.53. The van der Waals surface area contributed by atoms with Crippen molar-refractivity contribution in [3.63, 3.8) is 0 Å². The molecule has 2 aromatic rings. The second kappa shape index (κ2) is 10.2. The van der Waals surface area contributed by atoms with Gasteiger partial charge in [0.1, 0.15) is 5.60 Å². The van der Waals surface area contributed by atoms with Crippen molar-refractivity contribution in [2.24, 2.45) is 5.41 Å². The van der Waals surface area contributed by atoms with Gasteiger partial charge in [-0.1, -0.05) is 51.1 Å². The van der Waals surface area contributed by atoms with E-state index in [0.29, 0.717) is 24.3 Å². The number of aliphatic hydroxyl groups is 1. The molecule has 1 saturated carbocycles. The first-order chi connectivity index (χ1) is 16.5. The number of aromatic nitrogens is 1. The van der Waals surface area contributed by atoms with Crippen LogP contribution in [0.2, 0.25) is 0 Å². The molecule has 7 heteroatoms. The van der Waals surface area contributed by atoms with Gasteiger partial charge in [-0.3, -0.25) is 4.79 Å². The number of nitrogens with one attached hydrogen (secondary N) is 2. The number of hydrogen-bond donors (Lipinski definition) is 3. The molecule has 6 nitrogen and oxygen atoms in total. The maximum atomic E-state index is 14.9. The van der Waals surface area contributed by atoms with E-state index in [9.17, 15) is 14.3 Å². The number of carbonyl (C=O) groups is 1. The Hall–Kier alpha value is -2.51. The number of fused-ring (bicyclic) bond motifs is 1. The van der Waals surface area contributed by atoms with Crippen molar-refractivity contribution in [3.8, 4) is 5.88 Å². The van der Waals surface area contributed by atoms with Crippen molar-refractivity contribution >= 4 is 5.91 Å². The number of nitrogens with zero attached hydrogens (tertiary/aromatic N) is 1. The lowest BCUT2D eigenvalue weighted by Crippen LogP contribution is -2.52. The smallest absolute Gasteiger partial charge is 0.221 e. The lowest BCUT2D eigenvalue weighted by atomic mass is 9.73. The minimum Gasteiger partial charge on any atom is -0.471 e. The van der Waals surface area contributed by atoms with Crippen molar-refractivity contribution in [2.45, 2.75) is 90.0 Å². The molecule has 35 heavy (non-hydrogen) atoms. The van der Waals surface area contributed by atoms with Gasteiger partial charge in [0.15, 0.2) is 0 Å². The van der Waals surface area contributed by atoms with Gasteiger partial charge in [0, 0.05) is 37.1 Å². The highest BCUT2D eigenvalue weighted by molar-refractivity contribution is 5.73. The molecule has 1 amide bonds. The van der Waals surface area contributed by atoms with Gasteiger partial charge < -0.3 is 20.5 Å². The number of carbonyl (C=O) groups excluding carboxylic acids is 1. The fourth-order valence-electron chi connectivity index (χ4n) is 5.17. The molecular formula is C28H38FN3O3. The zero-order chi connectivity index (χ0) is 25.2. The molecule has 1 fully saturated rings. The highest BCUT2D eigenvalue weighted by atomic mass is 19.1. The Kier molecular flexibility index (Phi) is 7.48. The third-order valence-electron chi connectivity index (χ3n) is 7.02. The Bertz CT molecular complexity index is 1030. The average Bonchev–Trinajstić information content (AvgIpc) is 2.75. The van der Waals surface area contributed by atoms with Crippen LogP contribution in [0.4, 0.5) is 4.39 Å². The van der Waals surface area contributed by atoms with Crippen molar-refractivity contribution in [1.82, 2.24) is 15.6 Å². The zero-order valence-corrected chi connectivity index (χ0v) is 21.2. The van der Waals surface area contributed by atoms with Gasteiger partial charge in [0.2, 0.25) is 17.7 Å². The van der Waals surface area contributed by atoms with Gasteiger partial charge in [-0.15, -0.1) is 0 Å². The second-order valence-corrected chi connectivity index (χ2v) is 11.4. The summed E-state index contributed by atoms with van der Waals surface area (Å²) in [6.07, 6.45) is 3.97. The number of rotatable bonds is 8. The number of aliphatic hydroxyl groups excluding tert-OH is 1. The molecule has 3 N–H and O–H groups in total. The molecular weight excluding hydrogens is 445 g/mol. The quantitative estimate of drug-likeness (QED) is 0.489. The Morgan fingerprint density at radius 3 is 2.60 bits per heavy atom. The zero-order valence-electron chi connectivity index (χ0n) is 21.2. The van der Waals surface area contributed by atoms with E-state index in [1.807, 2.05) is 36.4 Å². The third kappa shape index (κ3) is 6.39. The van der Waals surface area contributed by atoms with E-state index >= 15 is 0 Å². The summed E-state index contributed by atoms with van der Waals surface area (Å²) in [6, 6.07) is 11.2. The molecule has 1 aromatic heterocycles. The second-order valence-electron chi connectivity index (χ2n) is 11.4. The fraction of sp³-hybridized carbons (Fsp3) is 0.571. The van der Waals surface area contributed by atoms with E-state index in [1.54, 1.807) is 0 Å². The molecule has 2 aliphatic rings. The molecule has 1 aliphatic heterocycles. The van der Waals surface area contributed by atoms with E-state index < -0.39 is 18.1 Å². The summed E-state index contributed by atoms with van der Waals surface area (Å²) in [5.74, 6) is -0.287. The Labute approximate surface area is 207 Å². The van der Waals surface area contributed by atoms with E-state index in [-0.39, 0.29) is 29.5 Å². The standard InChI is InChI=1S/C28H38FN3O3/c1-18(33)31-22(13-19-9-6-5-7-10-19)24(34)17-30-23-16-28(11-8-12-28)35-26-21(23)14-20(25(29)32-26)15-27(2,3)4/h5-7,9-10,14,22-24,30,34H,8,11-13,15-17H2,1-4H3,(H,31,33)/t22-,23-,24-/m0/s1. The third-order valence-corrected chi connectivity index (χ3v) is 7.02. The molecule has 190 valence electrons. The molecule has 3 atom stereocenters. The number of amides is 1. The van der Waals surface area contributed by atoms with Crippen molar-refractivity contribution in [2.75, 3.05) is 6.54 Å². The van der Waals surface area contributed by atoms with E-state index in [2.05, 4.69) is 36.4 Å². The predicted molar refractivity (Wildman–Crippen MR) is 134 cm³/mol. The highest BCUT2D eigenvalue weighted by Crippen LogP contribution is 2.48. The van der Waals surface area contributed by atoms with Crippen molar-refractivity contribution in [3.05, 3.63) is 59.0 Å². The van der Waals surface area contributed by atoms with Crippen LogP contribution in [-0.4, -0.2) is 40.3 Å². The van der Waals surface area contributed by atoms with E-state index in [4.69, 9.17) is 4.74 Å². The van der Waals surface area contributed by atoms with Gasteiger partial charge in [-0.05, 0) is 49.1 Å². The van der Waals surface area contributed by atoms with Gasteiger partial charge in [0.25, 0.3) is 0 Å². The average molecular weight is 484 g/mol. The molecule has 0 radical (unpaired) electrons. The maximum absolute atomic E-state index is 14.9. The van der Waals surface area contributed by atoms with Crippen LogP contribution < -0.4 is 15.4 Å². The van der Waals surface area contributed by atoms with Gasteiger partial charge in [-0.2, -0.15) is 9.37 Å². The lowest BCUT2D eigenvalue weighted by Gasteiger charge is -2.47. The van der Waals surface area contributed by atoms with Crippen molar-refractivity contribution < 1.29 is 19.0 Å². The molecule has 4 rings (SSSR count). The van der Waals surface area contributed by atoms with E-state index in [0.717, 1.165) is 36.8 Å². The SMILES string of the molecule is CC(=O)N[C@@H](Cc1ccccc1)[C@@H](O)CN[C@H]1CC2(CCC2)Oc2nc(F)c(CC(C)(C)C)cc21.